The fraction of sp³-hybridized carbons (Fsp3) is 0.167. The van der Waals surface area contributed by atoms with Crippen molar-refractivity contribution >= 4 is 6.09 Å². The van der Waals surface area contributed by atoms with Crippen molar-refractivity contribution in [3.8, 4) is 11.8 Å². The zero-order valence-electron chi connectivity index (χ0n) is 12.9. The molecule has 0 aliphatic carbocycles. The van der Waals surface area contributed by atoms with E-state index in [1.807, 2.05) is 6.07 Å². The second-order valence-corrected chi connectivity index (χ2v) is 4.91. The summed E-state index contributed by atoms with van der Waals surface area (Å²) in [6.45, 7) is -0.119. The van der Waals surface area contributed by atoms with E-state index < -0.39 is 29.2 Å². The molecule has 1 N–H and O–H groups in total. The van der Waals surface area contributed by atoms with Crippen LogP contribution in [0.2, 0.25) is 0 Å². The van der Waals surface area contributed by atoms with Gasteiger partial charge in [-0.1, -0.05) is 42.2 Å². The van der Waals surface area contributed by atoms with Gasteiger partial charge in [-0.05, 0) is 23.8 Å². The normalized spacial score (nSPS) is 10.6. The summed E-state index contributed by atoms with van der Waals surface area (Å²) in [7, 11) is 0. The summed E-state index contributed by atoms with van der Waals surface area (Å²) in [5.41, 5.74) is -0.586. The maximum absolute atomic E-state index is 13.5. The molecule has 2 rings (SSSR count). The maximum atomic E-state index is 13.5. The highest BCUT2D eigenvalue weighted by molar-refractivity contribution is 5.67. The zero-order valence-corrected chi connectivity index (χ0v) is 12.9. The quantitative estimate of drug-likeness (QED) is 0.667. The number of carbonyl (C=O) groups is 1. The van der Waals surface area contributed by atoms with Gasteiger partial charge in [0, 0.05) is 0 Å². The van der Waals surface area contributed by atoms with Crippen molar-refractivity contribution in [2.75, 3.05) is 6.54 Å². The van der Waals surface area contributed by atoms with Crippen LogP contribution in [0, 0.1) is 17.7 Å². The monoisotopic (exact) mass is 351 g/mol. The molecule has 3 nitrogen and oxygen atoms in total. The molecular formula is C18H13F4NO2. The molecule has 0 aliphatic rings. The first-order valence-electron chi connectivity index (χ1n) is 7.16. The molecule has 25 heavy (non-hydrogen) atoms. The molecule has 0 unspecified atom stereocenters. The van der Waals surface area contributed by atoms with Crippen LogP contribution in [0.5, 0.6) is 0 Å². The maximum Gasteiger partial charge on any atom is 0.416 e. The SMILES string of the molecule is O=C(NCC#Cc1cc(C(F)(F)F)ccc1F)OCc1ccccc1. The Balaban J connectivity index is 1.87. The Morgan fingerprint density at radius 3 is 2.52 bits per heavy atom. The Kier molecular flexibility index (Phi) is 6.01. The van der Waals surface area contributed by atoms with Crippen molar-refractivity contribution in [2.45, 2.75) is 12.8 Å². The van der Waals surface area contributed by atoms with Gasteiger partial charge < -0.3 is 10.1 Å². The molecule has 2 aromatic rings. The summed E-state index contributed by atoms with van der Waals surface area (Å²) in [4.78, 5) is 11.5. The third-order valence-corrected chi connectivity index (χ3v) is 3.05. The molecule has 1 amide bonds. The Labute approximate surface area is 141 Å². The molecule has 0 radical (unpaired) electrons. The fourth-order valence-electron chi connectivity index (χ4n) is 1.83. The molecule has 0 fully saturated rings. The Bertz CT molecular complexity index is 792. The number of amides is 1. The second-order valence-electron chi connectivity index (χ2n) is 4.91. The average molecular weight is 351 g/mol. The molecule has 2 aromatic carbocycles. The first-order valence-corrected chi connectivity index (χ1v) is 7.16. The molecule has 7 heteroatoms. The highest BCUT2D eigenvalue weighted by atomic mass is 19.4. The minimum Gasteiger partial charge on any atom is -0.445 e. The van der Waals surface area contributed by atoms with Crippen molar-refractivity contribution in [1.82, 2.24) is 5.32 Å². The number of hydrogen-bond donors (Lipinski definition) is 1. The minimum atomic E-state index is -4.58. The van der Waals surface area contributed by atoms with E-state index in [1.165, 1.54) is 0 Å². The van der Waals surface area contributed by atoms with Gasteiger partial charge in [-0.2, -0.15) is 13.2 Å². The molecule has 0 bridgehead atoms. The molecular weight excluding hydrogens is 338 g/mol. The number of hydrogen-bond acceptors (Lipinski definition) is 2. The highest BCUT2D eigenvalue weighted by Crippen LogP contribution is 2.30. The summed E-state index contributed by atoms with van der Waals surface area (Å²) in [6.07, 6.45) is -5.31. The van der Waals surface area contributed by atoms with E-state index in [4.69, 9.17) is 4.74 Å². The van der Waals surface area contributed by atoms with E-state index in [0.29, 0.717) is 18.2 Å². The lowest BCUT2D eigenvalue weighted by atomic mass is 10.1. The van der Waals surface area contributed by atoms with Gasteiger partial charge >= 0.3 is 12.3 Å². The molecule has 130 valence electrons. The summed E-state index contributed by atoms with van der Waals surface area (Å²) in [5.74, 6) is 3.77. The number of benzene rings is 2. The number of ether oxygens (including phenoxy) is 1. The van der Waals surface area contributed by atoms with Gasteiger partial charge in [-0.15, -0.1) is 0 Å². The van der Waals surface area contributed by atoms with Crippen LogP contribution in [-0.4, -0.2) is 12.6 Å². The topological polar surface area (TPSA) is 38.3 Å². The third kappa shape index (κ3) is 5.84. The van der Waals surface area contributed by atoms with Gasteiger partial charge in [0.05, 0.1) is 17.7 Å². The van der Waals surface area contributed by atoms with E-state index in [1.54, 1.807) is 24.3 Å². The highest BCUT2D eigenvalue weighted by Gasteiger charge is 2.30. The van der Waals surface area contributed by atoms with E-state index >= 15 is 0 Å². The van der Waals surface area contributed by atoms with Crippen molar-refractivity contribution in [2.24, 2.45) is 0 Å². The van der Waals surface area contributed by atoms with Crippen LogP contribution >= 0.6 is 0 Å². The van der Waals surface area contributed by atoms with Crippen LogP contribution in [0.4, 0.5) is 22.4 Å². The molecule has 0 saturated heterocycles. The summed E-state index contributed by atoms with van der Waals surface area (Å²) in [5, 5.41) is 2.31. The zero-order chi connectivity index (χ0) is 18.3. The van der Waals surface area contributed by atoms with Gasteiger partial charge in [0.2, 0.25) is 0 Å². The predicted octanol–water partition coefficient (Wildman–Crippen LogP) is 4.12. The first-order chi connectivity index (χ1) is 11.9. The van der Waals surface area contributed by atoms with E-state index in [9.17, 15) is 22.4 Å². The number of alkyl halides is 3. The lowest BCUT2D eigenvalue weighted by molar-refractivity contribution is -0.137. The van der Waals surface area contributed by atoms with Gasteiger partial charge in [-0.3, -0.25) is 0 Å². The Morgan fingerprint density at radius 2 is 1.84 bits per heavy atom. The average Bonchev–Trinajstić information content (AvgIpc) is 2.58. The molecule has 0 atom stereocenters. The van der Waals surface area contributed by atoms with Gasteiger partial charge in [0.25, 0.3) is 0 Å². The van der Waals surface area contributed by atoms with E-state index in [0.717, 1.165) is 5.56 Å². The Hall–Kier alpha value is -3.01. The van der Waals surface area contributed by atoms with Crippen LogP contribution in [-0.2, 0) is 17.5 Å². The van der Waals surface area contributed by atoms with Crippen LogP contribution in [0.25, 0.3) is 0 Å². The van der Waals surface area contributed by atoms with Gasteiger partial charge in [0.1, 0.15) is 12.4 Å². The Morgan fingerprint density at radius 1 is 1.12 bits per heavy atom. The van der Waals surface area contributed by atoms with Crippen LogP contribution in [0.3, 0.4) is 0 Å². The van der Waals surface area contributed by atoms with E-state index in [2.05, 4.69) is 17.2 Å². The second kappa shape index (κ2) is 8.20. The number of rotatable bonds is 3. The van der Waals surface area contributed by atoms with Crippen LogP contribution < -0.4 is 5.32 Å². The number of alkyl carbamates (subject to hydrolysis) is 1. The molecule has 0 spiro atoms. The molecule has 0 aliphatic heterocycles. The number of halogens is 4. The van der Waals surface area contributed by atoms with Crippen LogP contribution in [0.15, 0.2) is 48.5 Å². The van der Waals surface area contributed by atoms with Crippen molar-refractivity contribution in [1.29, 1.82) is 0 Å². The van der Waals surface area contributed by atoms with Crippen molar-refractivity contribution < 1.29 is 27.1 Å². The fourth-order valence-corrected chi connectivity index (χ4v) is 1.83. The summed E-state index contributed by atoms with van der Waals surface area (Å²) in [6, 6.07) is 10.9. The minimum absolute atomic E-state index is 0.0718. The largest absolute Gasteiger partial charge is 0.445 e. The molecule has 0 aromatic heterocycles. The summed E-state index contributed by atoms with van der Waals surface area (Å²) >= 11 is 0. The number of nitrogens with one attached hydrogen (secondary N) is 1. The lowest BCUT2D eigenvalue weighted by Crippen LogP contribution is -2.24. The van der Waals surface area contributed by atoms with Gasteiger partial charge in [-0.25, -0.2) is 9.18 Å². The summed E-state index contributed by atoms with van der Waals surface area (Å²) < 4.78 is 56.1. The molecule has 0 saturated carbocycles. The lowest BCUT2D eigenvalue weighted by Gasteiger charge is -2.06. The third-order valence-electron chi connectivity index (χ3n) is 3.05. The first kappa shape index (κ1) is 18.3. The molecule has 0 heterocycles. The standard InChI is InChI=1S/C18H13F4NO2/c19-16-9-8-15(18(20,21)22)11-14(16)7-4-10-23-17(24)25-12-13-5-2-1-3-6-13/h1-3,5-6,8-9,11H,10,12H2,(H,23,24). The number of carbonyl (C=O) groups excluding carboxylic acids is 1. The van der Waals surface area contributed by atoms with E-state index in [-0.39, 0.29) is 13.2 Å². The van der Waals surface area contributed by atoms with Gasteiger partial charge in [0.15, 0.2) is 0 Å². The van der Waals surface area contributed by atoms with Crippen molar-refractivity contribution in [3.63, 3.8) is 0 Å². The van der Waals surface area contributed by atoms with Crippen molar-refractivity contribution in [3.05, 3.63) is 71.0 Å². The predicted molar refractivity (Wildman–Crippen MR) is 82.9 cm³/mol. The smallest absolute Gasteiger partial charge is 0.416 e. The van der Waals surface area contributed by atoms with Crippen LogP contribution in [0.1, 0.15) is 16.7 Å².